The van der Waals surface area contributed by atoms with E-state index < -0.39 is 5.97 Å². The number of aromatic nitrogens is 1. The number of nitrogens with one attached hydrogen (secondary N) is 2. The van der Waals surface area contributed by atoms with Crippen molar-refractivity contribution in [3.05, 3.63) is 70.6 Å². The minimum absolute atomic E-state index is 0.0452. The summed E-state index contributed by atoms with van der Waals surface area (Å²) in [7, 11) is 0. The van der Waals surface area contributed by atoms with Crippen LogP contribution in [0.25, 0.3) is 11.3 Å². The van der Waals surface area contributed by atoms with Crippen LogP contribution >= 0.6 is 11.3 Å². The van der Waals surface area contributed by atoms with E-state index in [1.165, 1.54) is 0 Å². The van der Waals surface area contributed by atoms with Gasteiger partial charge in [-0.3, -0.25) is 10.2 Å². The molecule has 1 aromatic heterocycles. The van der Waals surface area contributed by atoms with Crippen LogP contribution in [-0.2, 0) is 0 Å². The number of carboxylic acids is 1. The zero-order valence-electron chi connectivity index (χ0n) is 17.2. The minimum Gasteiger partial charge on any atom is -0.477 e. The number of aromatic carboxylic acids is 1. The Morgan fingerprint density at radius 2 is 1.72 bits per heavy atom. The Morgan fingerprint density at radius 3 is 2.31 bits per heavy atom. The van der Waals surface area contributed by atoms with E-state index in [0.29, 0.717) is 40.6 Å². The van der Waals surface area contributed by atoms with Crippen molar-refractivity contribution in [3.63, 3.8) is 0 Å². The van der Waals surface area contributed by atoms with Gasteiger partial charge in [0.05, 0.1) is 5.69 Å². The molecular formula is C23H23N5O3S. The molecule has 1 aliphatic rings. The number of piperidine rings is 1. The first kappa shape index (κ1) is 21.5. The number of thiazole rings is 1. The van der Waals surface area contributed by atoms with Gasteiger partial charge in [0.25, 0.3) is 5.91 Å². The molecule has 5 N–H and O–H groups in total. The quantitative estimate of drug-likeness (QED) is 0.337. The summed E-state index contributed by atoms with van der Waals surface area (Å²) in [5.74, 6) is -1.15. The van der Waals surface area contributed by atoms with Crippen LogP contribution in [0.4, 0.5) is 5.13 Å². The Morgan fingerprint density at radius 1 is 1.06 bits per heavy atom. The molecule has 0 saturated carbocycles. The summed E-state index contributed by atoms with van der Waals surface area (Å²) in [6.07, 6.45) is 1.51. The number of nitrogen functional groups attached to an aromatic ring is 1. The van der Waals surface area contributed by atoms with Crippen LogP contribution in [0.15, 0.2) is 54.6 Å². The number of carboxylic acid groups (broad SMARTS) is 1. The molecule has 1 amide bonds. The number of hydrogen-bond acceptors (Lipinski definition) is 6. The number of amides is 1. The topological polar surface area (TPSA) is 132 Å². The lowest BCUT2D eigenvalue weighted by molar-refractivity contribution is 0.0702. The van der Waals surface area contributed by atoms with Crippen LogP contribution in [0.2, 0.25) is 0 Å². The van der Waals surface area contributed by atoms with Gasteiger partial charge in [0, 0.05) is 35.8 Å². The fraction of sp³-hybridized carbons (Fsp3) is 0.217. The summed E-state index contributed by atoms with van der Waals surface area (Å²) < 4.78 is 0. The average Bonchev–Trinajstić information content (AvgIpc) is 3.26. The number of rotatable bonds is 6. The maximum Gasteiger partial charge on any atom is 0.348 e. The third kappa shape index (κ3) is 4.62. The Kier molecular flexibility index (Phi) is 6.18. The molecule has 164 valence electrons. The van der Waals surface area contributed by atoms with E-state index in [2.05, 4.69) is 15.2 Å². The molecular weight excluding hydrogens is 426 g/mol. The van der Waals surface area contributed by atoms with Crippen molar-refractivity contribution in [3.8, 4) is 11.3 Å². The van der Waals surface area contributed by atoms with Gasteiger partial charge in [0.2, 0.25) is 0 Å². The molecule has 0 unspecified atom stereocenters. The monoisotopic (exact) mass is 449 g/mol. The van der Waals surface area contributed by atoms with Gasteiger partial charge in [-0.2, -0.15) is 0 Å². The SMILES string of the molecule is N=C(N)c1ccc(-c2nc(N3CCC(NC(=O)c4ccccc4)CC3)sc2C(=O)O)cc1. The maximum absolute atomic E-state index is 12.4. The van der Waals surface area contributed by atoms with Crippen molar-refractivity contribution >= 4 is 34.2 Å². The van der Waals surface area contributed by atoms with Gasteiger partial charge in [-0.05, 0) is 25.0 Å². The first-order valence-electron chi connectivity index (χ1n) is 10.2. The molecule has 1 fully saturated rings. The molecule has 2 heterocycles. The Bertz CT molecular complexity index is 1140. The molecule has 4 rings (SSSR count). The van der Waals surface area contributed by atoms with Crippen molar-refractivity contribution < 1.29 is 14.7 Å². The predicted octanol–water partition coefficient (Wildman–Crippen LogP) is 3.19. The fourth-order valence-electron chi connectivity index (χ4n) is 3.67. The number of carbonyl (C=O) groups excluding carboxylic acids is 1. The van der Waals surface area contributed by atoms with Gasteiger partial charge in [0.1, 0.15) is 10.7 Å². The van der Waals surface area contributed by atoms with Crippen LogP contribution in [0.5, 0.6) is 0 Å². The van der Waals surface area contributed by atoms with E-state index in [4.69, 9.17) is 11.1 Å². The number of benzene rings is 2. The molecule has 32 heavy (non-hydrogen) atoms. The molecule has 0 aliphatic carbocycles. The highest BCUT2D eigenvalue weighted by Gasteiger charge is 2.26. The number of amidine groups is 1. The second kappa shape index (κ2) is 9.19. The molecule has 3 aromatic rings. The van der Waals surface area contributed by atoms with E-state index in [0.717, 1.165) is 24.2 Å². The summed E-state index contributed by atoms with van der Waals surface area (Å²) in [5.41, 5.74) is 7.79. The van der Waals surface area contributed by atoms with Gasteiger partial charge in [-0.25, -0.2) is 9.78 Å². The van der Waals surface area contributed by atoms with Crippen LogP contribution in [0.3, 0.4) is 0 Å². The molecule has 9 heteroatoms. The van der Waals surface area contributed by atoms with Gasteiger partial charge in [-0.15, -0.1) is 0 Å². The highest BCUT2D eigenvalue weighted by Crippen LogP contribution is 2.34. The number of nitrogens with two attached hydrogens (primary N) is 1. The van der Waals surface area contributed by atoms with E-state index in [1.54, 1.807) is 36.4 Å². The van der Waals surface area contributed by atoms with Gasteiger partial charge < -0.3 is 21.1 Å². The summed E-state index contributed by atoms with van der Waals surface area (Å²) in [6.45, 7) is 1.35. The highest BCUT2D eigenvalue weighted by atomic mass is 32.1. The van der Waals surface area contributed by atoms with Gasteiger partial charge in [-0.1, -0.05) is 53.8 Å². The molecule has 2 aromatic carbocycles. The third-order valence-corrected chi connectivity index (χ3v) is 6.52. The maximum atomic E-state index is 12.4. The first-order valence-corrected chi connectivity index (χ1v) is 11.0. The number of nitrogens with zero attached hydrogens (tertiary/aromatic N) is 2. The average molecular weight is 450 g/mol. The van der Waals surface area contributed by atoms with E-state index in [1.807, 2.05) is 18.2 Å². The standard InChI is InChI=1S/C23H23N5O3S/c24-20(25)15-8-6-14(7-9-15)18-19(22(30)31)32-23(27-18)28-12-10-17(11-13-28)26-21(29)16-4-2-1-3-5-16/h1-9,17H,10-13H2,(H3,24,25)(H,26,29)(H,30,31). The summed E-state index contributed by atoms with van der Waals surface area (Å²) >= 11 is 1.15. The van der Waals surface area contributed by atoms with Crippen LogP contribution in [-0.4, -0.2) is 46.9 Å². The minimum atomic E-state index is -1.02. The second-order valence-electron chi connectivity index (χ2n) is 7.57. The van der Waals surface area contributed by atoms with Crippen molar-refractivity contribution in [1.29, 1.82) is 5.41 Å². The molecule has 0 spiro atoms. The zero-order chi connectivity index (χ0) is 22.7. The van der Waals surface area contributed by atoms with Crippen molar-refractivity contribution in [2.75, 3.05) is 18.0 Å². The fourth-order valence-corrected chi connectivity index (χ4v) is 4.64. The Hall–Kier alpha value is -3.72. The van der Waals surface area contributed by atoms with E-state index >= 15 is 0 Å². The number of hydrogen-bond donors (Lipinski definition) is 4. The second-order valence-corrected chi connectivity index (χ2v) is 8.55. The lowest BCUT2D eigenvalue weighted by Gasteiger charge is -2.32. The van der Waals surface area contributed by atoms with Gasteiger partial charge >= 0.3 is 5.97 Å². The smallest absolute Gasteiger partial charge is 0.348 e. The molecule has 1 aliphatic heterocycles. The molecule has 0 radical (unpaired) electrons. The van der Waals surface area contributed by atoms with Crippen LogP contribution in [0.1, 0.15) is 38.4 Å². The number of anilines is 1. The lowest BCUT2D eigenvalue weighted by atomic mass is 10.0. The van der Waals surface area contributed by atoms with Gasteiger partial charge in [0.15, 0.2) is 5.13 Å². The molecule has 0 bridgehead atoms. The summed E-state index contributed by atoms with van der Waals surface area (Å²) in [5, 5.41) is 20.9. The Balaban J connectivity index is 1.45. The largest absolute Gasteiger partial charge is 0.477 e. The predicted molar refractivity (Wildman–Crippen MR) is 125 cm³/mol. The third-order valence-electron chi connectivity index (χ3n) is 5.42. The van der Waals surface area contributed by atoms with Crippen LogP contribution in [0, 0.1) is 5.41 Å². The van der Waals surface area contributed by atoms with E-state index in [9.17, 15) is 14.7 Å². The van der Waals surface area contributed by atoms with E-state index in [-0.39, 0.29) is 22.7 Å². The van der Waals surface area contributed by atoms with Crippen molar-refractivity contribution in [1.82, 2.24) is 10.3 Å². The Labute approximate surface area is 189 Å². The van der Waals surface area contributed by atoms with Crippen molar-refractivity contribution in [2.45, 2.75) is 18.9 Å². The van der Waals surface area contributed by atoms with Crippen molar-refractivity contribution in [2.24, 2.45) is 5.73 Å². The number of carbonyl (C=O) groups is 2. The first-order chi connectivity index (χ1) is 15.4. The highest BCUT2D eigenvalue weighted by molar-refractivity contribution is 7.17. The molecule has 0 atom stereocenters. The summed E-state index contributed by atoms with van der Waals surface area (Å²) in [6, 6.07) is 16.0. The lowest BCUT2D eigenvalue weighted by Crippen LogP contribution is -2.44. The van der Waals surface area contributed by atoms with Crippen LogP contribution < -0.4 is 16.0 Å². The zero-order valence-corrected chi connectivity index (χ0v) is 18.1. The normalized spacial score (nSPS) is 14.2. The molecule has 8 nitrogen and oxygen atoms in total. The molecule has 1 saturated heterocycles. The summed E-state index contributed by atoms with van der Waals surface area (Å²) in [4.78, 5) is 31.1.